The fourth-order valence-electron chi connectivity index (χ4n) is 3.24. The number of ether oxygens (including phenoxy) is 1. The largest absolute Gasteiger partial charge is 0.367 e. The van der Waals surface area contributed by atoms with E-state index in [1.54, 1.807) is 11.0 Å². The Kier molecular flexibility index (Phi) is 4.94. The van der Waals surface area contributed by atoms with Gasteiger partial charge in [0.1, 0.15) is 24.8 Å². The molecule has 1 saturated heterocycles. The summed E-state index contributed by atoms with van der Waals surface area (Å²) >= 11 is 0. The summed E-state index contributed by atoms with van der Waals surface area (Å²) in [5, 5.41) is 4.18. The zero-order valence-electron chi connectivity index (χ0n) is 14.4. The van der Waals surface area contributed by atoms with Crippen molar-refractivity contribution in [1.82, 2.24) is 19.7 Å². The molecule has 0 saturated carbocycles. The van der Waals surface area contributed by atoms with E-state index < -0.39 is 0 Å². The molecule has 1 aliphatic rings. The first kappa shape index (κ1) is 16.6. The highest BCUT2D eigenvalue weighted by Gasteiger charge is 2.35. The summed E-state index contributed by atoms with van der Waals surface area (Å²) in [7, 11) is 0. The lowest BCUT2D eigenvalue weighted by Crippen LogP contribution is -2.49. The molecule has 0 unspecified atom stereocenters. The summed E-state index contributed by atoms with van der Waals surface area (Å²) in [6.45, 7) is 7.23. The summed E-state index contributed by atoms with van der Waals surface area (Å²) in [6, 6.07) is 9.73. The molecule has 24 heavy (non-hydrogen) atoms. The van der Waals surface area contributed by atoms with E-state index in [1.165, 1.54) is 6.33 Å². The van der Waals surface area contributed by atoms with Crippen LogP contribution in [0.25, 0.3) is 0 Å². The molecule has 3 rings (SSSR count). The number of amides is 1. The van der Waals surface area contributed by atoms with Gasteiger partial charge in [0.25, 0.3) is 0 Å². The average molecular weight is 328 g/mol. The lowest BCUT2D eigenvalue weighted by Gasteiger charge is -2.39. The lowest BCUT2D eigenvalue weighted by atomic mass is 10.0. The maximum absolute atomic E-state index is 13.1. The van der Waals surface area contributed by atoms with Crippen LogP contribution in [0.5, 0.6) is 0 Å². The van der Waals surface area contributed by atoms with E-state index in [2.05, 4.69) is 10.1 Å². The van der Waals surface area contributed by atoms with Gasteiger partial charge in [0, 0.05) is 6.54 Å². The summed E-state index contributed by atoms with van der Waals surface area (Å²) in [5.74, 6) is 0.208. The third-order valence-corrected chi connectivity index (χ3v) is 4.35. The number of morpholine rings is 1. The number of nitrogens with zero attached hydrogens (tertiary/aromatic N) is 4. The van der Waals surface area contributed by atoms with Crippen molar-refractivity contribution < 1.29 is 9.53 Å². The highest BCUT2D eigenvalue weighted by molar-refractivity contribution is 5.80. The van der Waals surface area contributed by atoms with Crippen molar-refractivity contribution in [2.45, 2.75) is 39.0 Å². The monoisotopic (exact) mass is 328 g/mol. The number of hydrogen-bond acceptors (Lipinski definition) is 4. The molecule has 6 nitrogen and oxygen atoms in total. The number of benzene rings is 1. The molecule has 1 aromatic heterocycles. The second kappa shape index (κ2) is 7.13. The van der Waals surface area contributed by atoms with Gasteiger partial charge >= 0.3 is 0 Å². The van der Waals surface area contributed by atoms with E-state index in [1.807, 2.05) is 56.0 Å². The molecule has 2 heterocycles. The van der Waals surface area contributed by atoms with Gasteiger partial charge in [0.2, 0.25) is 5.91 Å². The zero-order valence-corrected chi connectivity index (χ0v) is 14.4. The van der Waals surface area contributed by atoms with Gasteiger partial charge < -0.3 is 9.64 Å². The van der Waals surface area contributed by atoms with Crippen LogP contribution in [0, 0.1) is 5.92 Å². The van der Waals surface area contributed by atoms with Gasteiger partial charge in [-0.3, -0.25) is 4.79 Å². The summed E-state index contributed by atoms with van der Waals surface area (Å²) in [5.41, 5.74) is 1.10. The Morgan fingerprint density at radius 3 is 2.62 bits per heavy atom. The van der Waals surface area contributed by atoms with Crippen LogP contribution in [0.15, 0.2) is 43.0 Å². The Balaban J connectivity index is 1.80. The maximum Gasteiger partial charge on any atom is 0.247 e. The first-order chi connectivity index (χ1) is 11.6. The molecule has 0 bridgehead atoms. The predicted octanol–water partition coefficient (Wildman–Crippen LogP) is 2.46. The van der Waals surface area contributed by atoms with Crippen LogP contribution in [0.3, 0.4) is 0 Å². The van der Waals surface area contributed by atoms with Crippen molar-refractivity contribution in [3.63, 3.8) is 0 Å². The molecule has 1 aromatic carbocycles. The molecule has 128 valence electrons. The lowest BCUT2D eigenvalue weighted by molar-refractivity contribution is -0.150. The zero-order chi connectivity index (χ0) is 17.1. The normalized spacial score (nSPS) is 22.6. The van der Waals surface area contributed by atoms with Crippen LogP contribution in [0.2, 0.25) is 0 Å². The minimum Gasteiger partial charge on any atom is -0.367 e. The smallest absolute Gasteiger partial charge is 0.247 e. The van der Waals surface area contributed by atoms with Crippen molar-refractivity contribution >= 4 is 5.91 Å². The molecule has 6 heteroatoms. The highest BCUT2D eigenvalue weighted by Crippen LogP contribution is 2.28. The third kappa shape index (κ3) is 3.48. The number of carbonyl (C=O) groups excluding carboxylic acids is 1. The summed E-state index contributed by atoms with van der Waals surface area (Å²) < 4.78 is 7.71. The van der Waals surface area contributed by atoms with Gasteiger partial charge in [0.15, 0.2) is 0 Å². The van der Waals surface area contributed by atoms with Gasteiger partial charge in [0.05, 0.1) is 12.6 Å². The Labute approximate surface area is 142 Å². The molecule has 3 atom stereocenters. The Bertz CT molecular complexity index is 657. The van der Waals surface area contributed by atoms with Crippen LogP contribution in [0.1, 0.15) is 38.5 Å². The van der Waals surface area contributed by atoms with E-state index in [0.717, 1.165) is 5.56 Å². The summed E-state index contributed by atoms with van der Waals surface area (Å²) in [6.07, 6.45) is 2.98. The second-order valence-corrected chi connectivity index (χ2v) is 6.65. The molecule has 0 aliphatic carbocycles. The molecule has 2 aromatic rings. The molecular weight excluding hydrogens is 304 g/mol. The fourth-order valence-corrected chi connectivity index (χ4v) is 3.24. The Morgan fingerprint density at radius 1 is 1.25 bits per heavy atom. The van der Waals surface area contributed by atoms with E-state index in [4.69, 9.17) is 4.74 Å². The molecule has 1 amide bonds. The number of carbonyl (C=O) groups is 1. The van der Waals surface area contributed by atoms with Crippen molar-refractivity contribution in [3.8, 4) is 0 Å². The maximum atomic E-state index is 13.1. The number of rotatable bonds is 4. The van der Waals surface area contributed by atoms with E-state index in [-0.39, 0.29) is 30.1 Å². The number of hydrogen-bond donors (Lipinski definition) is 0. The summed E-state index contributed by atoms with van der Waals surface area (Å²) in [4.78, 5) is 19.0. The van der Waals surface area contributed by atoms with Crippen molar-refractivity contribution in [2.75, 3.05) is 13.1 Å². The third-order valence-electron chi connectivity index (χ3n) is 4.35. The second-order valence-electron chi connectivity index (χ2n) is 6.65. The van der Waals surface area contributed by atoms with Crippen molar-refractivity contribution in [3.05, 3.63) is 48.5 Å². The van der Waals surface area contributed by atoms with Crippen LogP contribution >= 0.6 is 0 Å². The fraction of sp³-hybridized carbons (Fsp3) is 0.500. The molecule has 0 N–H and O–H groups in total. The minimum atomic E-state index is -0.339. The quantitative estimate of drug-likeness (QED) is 0.865. The molecular formula is C18H24N4O2. The van der Waals surface area contributed by atoms with Gasteiger partial charge in [-0.25, -0.2) is 9.67 Å². The highest BCUT2D eigenvalue weighted by atomic mass is 16.5. The predicted molar refractivity (Wildman–Crippen MR) is 90.2 cm³/mol. The van der Waals surface area contributed by atoms with Gasteiger partial charge in [-0.1, -0.05) is 44.2 Å². The van der Waals surface area contributed by atoms with Crippen LogP contribution in [-0.4, -0.2) is 44.8 Å². The number of aromatic nitrogens is 3. The van der Waals surface area contributed by atoms with Crippen LogP contribution in [0.4, 0.5) is 0 Å². The van der Waals surface area contributed by atoms with Crippen LogP contribution < -0.4 is 0 Å². The average Bonchev–Trinajstić information content (AvgIpc) is 3.09. The van der Waals surface area contributed by atoms with E-state index >= 15 is 0 Å². The van der Waals surface area contributed by atoms with Gasteiger partial charge in [-0.05, 0) is 18.4 Å². The van der Waals surface area contributed by atoms with Crippen LogP contribution in [-0.2, 0) is 9.53 Å². The Hall–Kier alpha value is -2.21. The Morgan fingerprint density at radius 2 is 2.00 bits per heavy atom. The van der Waals surface area contributed by atoms with E-state index in [0.29, 0.717) is 13.1 Å². The molecule has 1 aliphatic heterocycles. The first-order valence-electron chi connectivity index (χ1n) is 8.39. The minimum absolute atomic E-state index is 0.00327. The standard InChI is InChI=1S/C18H24N4O2/c1-13(2)17(22-12-19-11-20-22)18(23)21-9-14(3)24-16(10-21)15-7-5-4-6-8-15/h4-8,11-14,16-17H,9-10H2,1-3H3/t14-,16+,17-/m1/s1. The molecule has 0 radical (unpaired) electrons. The van der Waals surface area contributed by atoms with Crippen molar-refractivity contribution in [1.29, 1.82) is 0 Å². The van der Waals surface area contributed by atoms with E-state index in [9.17, 15) is 4.79 Å². The molecule has 1 fully saturated rings. The van der Waals surface area contributed by atoms with Crippen molar-refractivity contribution in [2.24, 2.45) is 5.92 Å². The van der Waals surface area contributed by atoms with Gasteiger partial charge in [-0.2, -0.15) is 5.10 Å². The molecule has 0 spiro atoms. The van der Waals surface area contributed by atoms with Gasteiger partial charge in [-0.15, -0.1) is 0 Å². The topological polar surface area (TPSA) is 60.2 Å². The SMILES string of the molecule is CC(C)[C@H](C(=O)N1C[C@@H](C)O[C@H](c2ccccc2)C1)n1cncn1. The first-order valence-corrected chi connectivity index (χ1v) is 8.39.